The van der Waals surface area contributed by atoms with E-state index in [4.69, 9.17) is 17.0 Å². The van der Waals surface area contributed by atoms with Crippen LogP contribution in [0, 0.1) is 4.77 Å². The number of benzene rings is 1. The normalized spacial score (nSPS) is 16.8. The SMILES string of the molecule is COc1ccccc1C1CC(=O)Nc2c1c(=O)[nH]c(=S)n2C. The van der Waals surface area contributed by atoms with Gasteiger partial charge in [-0.15, -0.1) is 0 Å². The lowest BCUT2D eigenvalue weighted by Gasteiger charge is -2.27. The minimum Gasteiger partial charge on any atom is -0.496 e. The van der Waals surface area contributed by atoms with Gasteiger partial charge in [0.2, 0.25) is 5.91 Å². The number of ether oxygens (including phenoxy) is 1. The number of hydrogen-bond acceptors (Lipinski definition) is 4. The first-order valence-corrected chi connectivity index (χ1v) is 7.19. The molecular weight excluding hydrogens is 302 g/mol. The van der Waals surface area contributed by atoms with Crippen LogP contribution in [0.15, 0.2) is 29.1 Å². The molecule has 3 rings (SSSR count). The Morgan fingerprint density at radius 2 is 2.05 bits per heavy atom. The molecule has 1 unspecified atom stereocenters. The van der Waals surface area contributed by atoms with Gasteiger partial charge in [0.05, 0.1) is 12.7 Å². The number of carbonyl (C=O) groups excluding carboxylic acids is 1. The number of fused-ring (bicyclic) bond motifs is 1. The van der Waals surface area contributed by atoms with Gasteiger partial charge in [0, 0.05) is 24.9 Å². The summed E-state index contributed by atoms with van der Waals surface area (Å²) in [6.45, 7) is 0. The molecule has 0 spiro atoms. The number of amides is 1. The lowest BCUT2D eigenvalue weighted by atomic mass is 9.86. The quantitative estimate of drug-likeness (QED) is 0.830. The summed E-state index contributed by atoms with van der Waals surface area (Å²) in [6, 6.07) is 7.40. The highest BCUT2D eigenvalue weighted by Crippen LogP contribution is 2.38. The Morgan fingerprint density at radius 3 is 2.77 bits per heavy atom. The number of methoxy groups -OCH3 is 1. The molecule has 7 heteroatoms. The number of carbonyl (C=O) groups is 1. The Labute approximate surface area is 131 Å². The minimum absolute atomic E-state index is 0.154. The topological polar surface area (TPSA) is 76.1 Å². The second-order valence-corrected chi connectivity index (χ2v) is 5.51. The Morgan fingerprint density at radius 1 is 1.32 bits per heavy atom. The maximum atomic E-state index is 12.4. The molecule has 2 heterocycles. The third kappa shape index (κ3) is 2.23. The van der Waals surface area contributed by atoms with Crippen molar-refractivity contribution < 1.29 is 9.53 Å². The van der Waals surface area contributed by atoms with Gasteiger partial charge in [0.25, 0.3) is 5.56 Å². The predicted octanol–water partition coefficient (Wildman–Crippen LogP) is 1.93. The van der Waals surface area contributed by atoms with Crippen LogP contribution in [-0.2, 0) is 11.8 Å². The Bertz CT molecular complexity index is 869. The predicted molar refractivity (Wildman–Crippen MR) is 85.0 cm³/mol. The number of nitrogens with one attached hydrogen (secondary N) is 2. The Kier molecular flexibility index (Phi) is 3.58. The molecule has 1 amide bonds. The molecule has 22 heavy (non-hydrogen) atoms. The molecule has 0 radical (unpaired) electrons. The molecule has 0 saturated carbocycles. The van der Waals surface area contributed by atoms with E-state index in [9.17, 15) is 9.59 Å². The highest BCUT2D eigenvalue weighted by molar-refractivity contribution is 7.71. The van der Waals surface area contributed by atoms with E-state index in [1.807, 2.05) is 24.3 Å². The summed E-state index contributed by atoms with van der Waals surface area (Å²) in [7, 11) is 3.28. The van der Waals surface area contributed by atoms with Crippen molar-refractivity contribution in [2.75, 3.05) is 12.4 Å². The summed E-state index contributed by atoms with van der Waals surface area (Å²) in [4.78, 5) is 27.1. The van der Waals surface area contributed by atoms with Crippen LogP contribution in [0.4, 0.5) is 5.82 Å². The summed E-state index contributed by atoms with van der Waals surface area (Å²) < 4.78 is 7.24. The zero-order valence-corrected chi connectivity index (χ0v) is 13.0. The van der Waals surface area contributed by atoms with Gasteiger partial charge in [0.15, 0.2) is 4.77 Å². The van der Waals surface area contributed by atoms with Crippen LogP contribution in [0.1, 0.15) is 23.5 Å². The van der Waals surface area contributed by atoms with Crippen LogP contribution in [0.2, 0.25) is 0 Å². The second kappa shape index (κ2) is 5.42. The maximum Gasteiger partial charge on any atom is 0.257 e. The summed E-state index contributed by atoms with van der Waals surface area (Å²) in [5, 5.41) is 2.74. The van der Waals surface area contributed by atoms with Gasteiger partial charge in [-0.25, -0.2) is 0 Å². The van der Waals surface area contributed by atoms with Gasteiger partial charge in [-0.05, 0) is 18.3 Å². The summed E-state index contributed by atoms with van der Waals surface area (Å²) >= 11 is 5.10. The van der Waals surface area contributed by atoms with Crippen molar-refractivity contribution in [1.29, 1.82) is 0 Å². The number of rotatable bonds is 2. The van der Waals surface area contributed by atoms with Crippen LogP contribution in [0.5, 0.6) is 5.75 Å². The third-order valence-electron chi connectivity index (χ3n) is 3.87. The molecule has 1 aliphatic rings. The molecule has 0 fully saturated rings. The van der Waals surface area contributed by atoms with Gasteiger partial charge in [0.1, 0.15) is 11.6 Å². The van der Waals surface area contributed by atoms with Crippen molar-refractivity contribution in [3.63, 3.8) is 0 Å². The summed E-state index contributed by atoms with van der Waals surface area (Å²) in [6.07, 6.45) is 0.188. The first kappa shape index (κ1) is 14.5. The molecule has 114 valence electrons. The minimum atomic E-state index is -0.370. The molecule has 2 aromatic rings. The lowest BCUT2D eigenvalue weighted by molar-refractivity contribution is -0.116. The molecule has 1 aromatic carbocycles. The second-order valence-electron chi connectivity index (χ2n) is 5.13. The van der Waals surface area contributed by atoms with Crippen molar-refractivity contribution in [2.45, 2.75) is 12.3 Å². The fraction of sp³-hybridized carbons (Fsp3) is 0.267. The van der Waals surface area contributed by atoms with Crippen molar-refractivity contribution in [1.82, 2.24) is 9.55 Å². The fourth-order valence-corrected chi connectivity index (χ4v) is 2.99. The number of aromatic amines is 1. The standard InChI is InChI=1S/C15H15N3O3S/c1-18-13-12(14(20)17-15(18)22)9(7-11(19)16-13)8-5-3-4-6-10(8)21-2/h3-6,9H,7H2,1-2H3,(H,16,19)(H,17,20,22). The van der Waals surface area contributed by atoms with Crippen LogP contribution in [-0.4, -0.2) is 22.6 Å². The van der Waals surface area contributed by atoms with Crippen LogP contribution in [0.3, 0.4) is 0 Å². The lowest BCUT2D eigenvalue weighted by Crippen LogP contribution is -2.33. The van der Waals surface area contributed by atoms with Crippen LogP contribution in [0.25, 0.3) is 0 Å². The number of hydrogen-bond donors (Lipinski definition) is 2. The van der Waals surface area contributed by atoms with E-state index >= 15 is 0 Å². The molecule has 0 bridgehead atoms. The summed E-state index contributed by atoms with van der Waals surface area (Å²) in [5.74, 6) is 0.572. The van der Waals surface area contributed by atoms with Crippen molar-refractivity contribution in [3.8, 4) is 5.75 Å². The van der Waals surface area contributed by atoms with Gasteiger partial charge >= 0.3 is 0 Å². The molecule has 0 aliphatic carbocycles. The first-order valence-electron chi connectivity index (χ1n) is 6.79. The van der Waals surface area contributed by atoms with Gasteiger partial charge in [-0.1, -0.05) is 18.2 Å². The number of H-pyrrole nitrogens is 1. The van der Waals surface area contributed by atoms with Gasteiger partial charge in [-0.3, -0.25) is 14.6 Å². The molecule has 0 saturated heterocycles. The van der Waals surface area contributed by atoms with Crippen molar-refractivity contribution in [2.24, 2.45) is 7.05 Å². The van der Waals surface area contributed by atoms with E-state index in [0.717, 1.165) is 5.56 Å². The molecule has 1 aliphatic heterocycles. The molecule has 1 atom stereocenters. The van der Waals surface area contributed by atoms with E-state index in [-0.39, 0.29) is 28.6 Å². The first-order chi connectivity index (χ1) is 10.5. The van der Waals surface area contributed by atoms with Gasteiger partial charge < -0.3 is 14.6 Å². The molecule has 2 N–H and O–H groups in total. The zero-order valence-electron chi connectivity index (χ0n) is 12.2. The van der Waals surface area contributed by atoms with Crippen LogP contribution >= 0.6 is 12.2 Å². The van der Waals surface area contributed by atoms with E-state index in [0.29, 0.717) is 17.1 Å². The van der Waals surface area contributed by atoms with Crippen molar-refractivity contribution >= 4 is 23.9 Å². The Balaban J connectivity index is 2.29. The smallest absolute Gasteiger partial charge is 0.257 e. The van der Waals surface area contributed by atoms with Crippen LogP contribution < -0.4 is 15.6 Å². The number of para-hydroxylation sites is 1. The van der Waals surface area contributed by atoms with E-state index in [1.54, 1.807) is 18.7 Å². The molecule has 1 aromatic heterocycles. The maximum absolute atomic E-state index is 12.4. The highest BCUT2D eigenvalue weighted by Gasteiger charge is 2.32. The highest BCUT2D eigenvalue weighted by atomic mass is 32.1. The average Bonchev–Trinajstić information content (AvgIpc) is 2.51. The molecular formula is C15H15N3O3S. The summed E-state index contributed by atoms with van der Waals surface area (Å²) in [5.41, 5.74) is 1.03. The largest absolute Gasteiger partial charge is 0.496 e. The number of anilines is 1. The van der Waals surface area contributed by atoms with E-state index in [2.05, 4.69) is 10.3 Å². The van der Waals surface area contributed by atoms with E-state index in [1.165, 1.54) is 0 Å². The zero-order chi connectivity index (χ0) is 15.9. The third-order valence-corrected chi connectivity index (χ3v) is 4.25. The molecule has 6 nitrogen and oxygen atoms in total. The van der Waals surface area contributed by atoms with Crippen molar-refractivity contribution in [3.05, 3.63) is 50.5 Å². The van der Waals surface area contributed by atoms with Gasteiger partial charge in [-0.2, -0.15) is 0 Å². The Hall–Kier alpha value is -2.41. The fourth-order valence-electron chi connectivity index (χ4n) is 2.80. The van der Waals surface area contributed by atoms with E-state index < -0.39 is 0 Å². The monoisotopic (exact) mass is 317 g/mol. The number of nitrogens with zero attached hydrogens (tertiary/aromatic N) is 1. The average molecular weight is 317 g/mol. The number of aromatic nitrogens is 2.